The summed E-state index contributed by atoms with van der Waals surface area (Å²) in [5.74, 6) is -0.438. The van der Waals surface area contributed by atoms with Crippen LogP contribution >= 0.6 is 11.8 Å². The number of aromatic nitrogens is 3. The van der Waals surface area contributed by atoms with Crippen LogP contribution in [0.2, 0.25) is 0 Å². The van der Waals surface area contributed by atoms with Gasteiger partial charge in [-0.15, -0.1) is 5.10 Å². The van der Waals surface area contributed by atoms with Gasteiger partial charge in [0.05, 0.1) is 18.4 Å². The van der Waals surface area contributed by atoms with Crippen molar-refractivity contribution in [3.63, 3.8) is 0 Å². The van der Waals surface area contributed by atoms with E-state index in [9.17, 15) is 14.4 Å². The van der Waals surface area contributed by atoms with Gasteiger partial charge in [-0.3, -0.25) is 14.7 Å². The van der Waals surface area contributed by atoms with Gasteiger partial charge >= 0.3 is 11.7 Å². The van der Waals surface area contributed by atoms with Gasteiger partial charge in [-0.2, -0.15) is 0 Å². The second-order valence-electron chi connectivity index (χ2n) is 7.01. The number of nitrogens with zero attached hydrogens (tertiary/aromatic N) is 2. The first-order valence-electron chi connectivity index (χ1n) is 9.77. The Balaban J connectivity index is 1.38. The predicted molar refractivity (Wildman–Crippen MR) is 105 cm³/mol. The molecular formula is C18H27N5O4S. The molecule has 0 aromatic carbocycles. The fourth-order valence-corrected chi connectivity index (χ4v) is 4.13. The van der Waals surface area contributed by atoms with Crippen molar-refractivity contribution >= 4 is 23.7 Å². The molecule has 1 aliphatic heterocycles. The van der Waals surface area contributed by atoms with E-state index >= 15 is 0 Å². The minimum atomic E-state index is -0.499. The molecule has 3 N–H and O–H groups in total. The summed E-state index contributed by atoms with van der Waals surface area (Å²) in [7, 11) is 0. The molecule has 3 rings (SSSR count). The number of H-pyrrole nitrogens is 1. The Morgan fingerprint density at radius 1 is 1.36 bits per heavy atom. The van der Waals surface area contributed by atoms with Crippen LogP contribution in [0.4, 0.5) is 4.79 Å². The van der Waals surface area contributed by atoms with E-state index in [4.69, 9.17) is 4.74 Å². The quantitative estimate of drug-likeness (QED) is 0.443. The molecule has 0 radical (unpaired) electrons. The summed E-state index contributed by atoms with van der Waals surface area (Å²) in [5, 5.41) is 11.8. The third-order valence-corrected chi connectivity index (χ3v) is 5.81. The number of carbonyl (C=O) groups excluding carboxylic acids is 2. The van der Waals surface area contributed by atoms with Crippen molar-refractivity contribution in [2.45, 2.75) is 62.8 Å². The molecule has 1 fully saturated rings. The maximum absolute atomic E-state index is 12.0. The third-order valence-electron chi connectivity index (χ3n) is 4.84. The van der Waals surface area contributed by atoms with E-state index in [-0.39, 0.29) is 17.5 Å². The van der Waals surface area contributed by atoms with Crippen molar-refractivity contribution in [2.24, 2.45) is 0 Å². The summed E-state index contributed by atoms with van der Waals surface area (Å²) < 4.78 is 7.03. The second-order valence-corrected chi connectivity index (χ2v) is 7.95. The molecular weight excluding hydrogens is 382 g/mol. The molecule has 0 saturated carbocycles. The summed E-state index contributed by atoms with van der Waals surface area (Å²) in [4.78, 5) is 35.7. The lowest BCUT2D eigenvalue weighted by molar-refractivity contribution is -0.117. The molecule has 28 heavy (non-hydrogen) atoms. The molecule has 154 valence electrons. The van der Waals surface area contributed by atoms with Gasteiger partial charge in [-0.25, -0.2) is 14.7 Å². The largest absolute Gasteiger partial charge is 0.376 e. The van der Waals surface area contributed by atoms with E-state index in [1.807, 2.05) is 0 Å². The Labute approximate surface area is 167 Å². The summed E-state index contributed by atoms with van der Waals surface area (Å²) >= 11 is 1.11. The monoisotopic (exact) mass is 409 g/mol. The molecule has 0 bridgehead atoms. The SMILES string of the molecule is O=C(CSc1n[nH]c(=O)n1C[C@@H]1CCCO1)NC(=O)NCCC1=CCCCC1. The number of ether oxygens (including phenoxy) is 1. The minimum Gasteiger partial charge on any atom is -0.376 e. The van der Waals surface area contributed by atoms with Crippen molar-refractivity contribution < 1.29 is 14.3 Å². The number of carbonyl (C=O) groups is 2. The van der Waals surface area contributed by atoms with E-state index < -0.39 is 11.9 Å². The highest BCUT2D eigenvalue weighted by atomic mass is 32.2. The number of nitrogens with one attached hydrogen (secondary N) is 3. The lowest BCUT2D eigenvalue weighted by Gasteiger charge is -2.13. The summed E-state index contributed by atoms with van der Waals surface area (Å²) in [6.45, 7) is 1.63. The molecule has 3 amide bonds. The number of hydrogen-bond acceptors (Lipinski definition) is 6. The third kappa shape index (κ3) is 6.23. The number of aromatic amines is 1. The van der Waals surface area contributed by atoms with Gasteiger partial charge in [0, 0.05) is 13.2 Å². The first-order valence-corrected chi connectivity index (χ1v) is 10.8. The van der Waals surface area contributed by atoms with Crippen molar-refractivity contribution in [3.05, 3.63) is 22.1 Å². The second kappa shape index (κ2) is 10.5. The topological polar surface area (TPSA) is 118 Å². The van der Waals surface area contributed by atoms with Gasteiger partial charge in [-0.1, -0.05) is 23.4 Å². The smallest absolute Gasteiger partial charge is 0.344 e. The van der Waals surface area contributed by atoms with Gasteiger partial charge in [-0.05, 0) is 44.9 Å². The highest BCUT2D eigenvalue weighted by Crippen LogP contribution is 2.19. The maximum Gasteiger partial charge on any atom is 0.344 e. The normalized spacial score (nSPS) is 19.3. The fraction of sp³-hybridized carbons (Fsp3) is 0.667. The van der Waals surface area contributed by atoms with Crippen molar-refractivity contribution in [1.82, 2.24) is 25.4 Å². The van der Waals surface area contributed by atoms with Gasteiger partial charge in [0.15, 0.2) is 5.16 Å². The van der Waals surface area contributed by atoms with Crippen LogP contribution in [0.25, 0.3) is 0 Å². The van der Waals surface area contributed by atoms with Gasteiger partial charge in [0.2, 0.25) is 5.91 Å². The standard InChI is InChI=1S/C18H27N5O4S/c24-15(20-16(25)19-9-8-13-5-2-1-3-6-13)12-28-18-22-21-17(26)23(18)11-14-7-4-10-27-14/h5,14H,1-4,6-12H2,(H,21,26)(H2,19,20,24,25)/t14-/m0/s1. The van der Waals surface area contributed by atoms with Crippen LogP contribution in [-0.4, -0.2) is 51.7 Å². The number of rotatable bonds is 8. The molecule has 1 aromatic rings. The molecule has 0 spiro atoms. The minimum absolute atomic E-state index is 0.00557. The van der Waals surface area contributed by atoms with E-state index in [1.165, 1.54) is 23.0 Å². The van der Waals surface area contributed by atoms with Crippen LogP contribution < -0.4 is 16.3 Å². The Morgan fingerprint density at radius 2 is 2.25 bits per heavy atom. The molecule has 1 saturated heterocycles. The first kappa shape index (κ1) is 20.7. The molecule has 1 aliphatic carbocycles. The molecule has 1 atom stereocenters. The van der Waals surface area contributed by atoms with Gasteiger partial charge < -0.3 is 10.1 Å². The lowest BCUT2D eigenvalue weighted by atomic mass is 9.97. The van der Waals surface area contributed by atoms with E-state index in [2.05, 4.69) is 26.9 Å². The van der Waals surface area contributed by atoms with E-state index in [0.717, 1.165) is 43.9 Å². The molecule has 1 aromatic heterocycles. The molecule has 9 nitrogen and oxygen atoms in total. The summed E-state index contributed by atoms with van der Waals surface area (Å²) in [5.41, 5.74) is 1.05. The molecule has 2 aliphatic rings. The Hall–Kier alpha value is -2.07. The first-order chi connectivity index (χ1) is 13.6. The molecule has 10 heteroatoms. The Kier molecular flexibility index (Phi) is 7.72. The van der Waals surface area contributed by atoms with Crippen LogP contribution in [-0.2, 0) is 16.1 Å². The number of amides is 3. The van der Waals surface area contributed by atoms with Crippen LogP contribution in [0.15, 0.2) is 21.6 Å². The maximum atomic E-state index is 12.0. The lowest BCUT2D eigenvalue weighted by Crippen LogP contribution is -2.40. The highest BCUT2D eigenvalue weighted by molar-refractivity contribution is 7.99. The van der Waals surface area contributed by atoms with Crippen LogP contribution in [0.5, 0.6) is 0 Å². The summed E-state index contributed by atoms with van der Waals surface area (Å²) in [6.07, 6.45) is 9.59. The van der Waals surface area contributed by atoms with Gasteiger partial charge in [0.1, 0.15) is 0 Å². The molecule has 2 heterocycles. The number of thioether (sulfide) groups is 1. The zero-order chi connectivity index (χ0) is 19.8. The average molecular weight is 410 g/mol. The van der Waals surface area contributed by atoms with E-state index in [1.54, 1.807) is 0 Å². The number of allylic oxidation sites excluding steroid dienone is 1. The van der Waals surface area contributed by atoms with E-state index in [0.29, 0.717) is 24.9 Å². The predicted octanol–water partition coefficient (Wildman–Crippen LogP) is 1.56. The zero-order valence-electron chi connectivity index (χ0n) is 15.9. The van der Waals surface area contributed by atoms with Crippen LogP contribution in [0, 0.1) is 0 Å². The fourth-order valence-electron chi connectivity index (χ4n) is 3.37. The van der Waals surface area contributed by atoms with Crippen LogP contribution in [0.3, 0.4) is 0 Å². The summed E-state index contributed by atoms with van der Waals surface area (Å²) in [6, 6.07) is -0.499. The number of imide groups is 1. The van der Waals surface area contributed by atoms with Crippen molar-refractivity contribution in [2.75, 3.05) is 18.9 Å². The zero-order valence-corrected chi connectivity index (χ0v) is 16.7. The number of hydrogen-bond donors (Lipinski definition) is 3. The highest BCUT2D eigenvalue weighted by Gasteiger charge is 2.20. The Morgan fingerprint density at radius 3 is 3.00 bits per heavy atom. The van der Waals surface area contributed by atoms with Crippen molar-refractivity contribution in [1.29, 1.82) is 0 Å². The van der Waals surface area contributed by atoms with Crippen molar-refractivity contribution in [3.8, 4) is 0 Å². The average Bonchev–Trinajstić information content (AvgIpc) is 3.32. The van der Waals surface area contributed by atoms with Gasteiger partial charge in [0.25, 0.3) is 0 Å². The molecule has 0 unspecified atom stereocenters. The number of urea groups is 1. The Bertz CT molecular complexity index is 766. The van der Waals surface area contributed by atoms with Crippen LogP contribution in [0.1, 0.15) is 44.9 Å².